The molecule has 0 aliphatic heterocycles. The van der Waals surface area contributed by atoms with Crippen molar-refractivity contribution in [1.82, 2.24) is 5.32 Å². The Bertz CT molecular complexity index is 597. The van der Waals surface area contributed by atoms with Crippen LogP contribution in [-0.4, -0.2) is 23.8 Å². The fraction of sp³-hybridized carbons (Fsp3) is 0.923. The normalized spacial score (nSPS) is 46.5. The van der Waals surface area contributed by atoms with Gasteiger partial charge in [0.2, 0.25) is 0 Å². The van der Waals surface area contributed by atoms with Crippen molar-refractivity contribution in [1.29, 1.82) is 0 Å². The van der Waals surface area contributed by atoms with Crippen molar-refractivity contribution in [2.45, 2.75) is 105 Å². The third-order valence-electron chi connectivity index (χ3n) is 9.94. The third kappa shape index (κ3) is 3.41. The van der Waals surface area contributed by atoms with Gasteiger partial charge in [0.25, 0.3) is 0 Å². The van der Waals surface area contributed by atoms with Crippen LogP contribution in [0.1, 0.15) is 92.4 Å². The SMILES string of the molecule is CC(C)CCN[C@@H](C)[C@H]1CC[C@H]2[C@@H]3CC=C4C[C@@H](O)CC[C@@]4(C)[C@H]3CC[C@]12C. The Balaban J connectivity index is 1.49. The molecule has 3 saturated carbocycles. The molecule has 0 spiro atoms. The fourth-order valence-corrected chi connectivity index (χ4v) is 8.25. The summed E-state index contributed by atoms with van der Waals surface area (Å²) in [6.07, 6.45) is 13.9. The first-order chi connectivity index (χ1) is 13.3. The molecule has 4 aliphatic carbocycles. The van der Waals surface area contributed by atoms with Crippen molar-refractivity contribution >= 4 is 0 Å². The average Bonchev–Trinajstić information content (AvgIpc) is 2.99. The van der Waals surface area contributed by atoms with Gasteiger partial charge in [-0.25, -0.2) is 0 Å². The van der Waals surface area contributed by atoms with E-state index in [4.69, 9.17) is 0 Å². The van der Waals surface area contributed by atoms with Crippen LogP contribution in [-0.2, 0) is 0 Å². The van der Waals surface area contributed by atoms with E-state index in [1.165, 1.54) is 51.5 Å². The maximum atomic E-state index is 10.2. The van der Waals surface area contributed by atoms with Gasteiger partial charge in [-0.2, -0.15) is 0 Å². The largest absolute Gasteiger partial charge is 0.393 e. The molecular weight excluding hydrogens is 342 g/mol. The number of hydrogen-bond donors (Lipinski definition) is 2. The number of fused-ring (bicyclic) bond motifs is 5. The summed E-state index contributed by atoms with van der Waals surface area (Å²) in [5, 5.41) is 14.1. The summed E-state index contributed by atoms with van der Waals surface area (Å²) in [6, 6.07) is 0.653. The Morgan fingerprint density at radius 2 is 1.86 bits per heavy atom. The Labute approximate surface area is 173 Å². The van der Waals surface area contributed by atoms with Crippen LogP contribution in [0.5, 0.6) is 0 Å². The van der Waals surface area contributed by atoms with Crippen LogP contribution < -0.4 is 5.32 Å². The van der Waals surface area contributed by atoms with Gasteiger partial charge in [0.15, 0.2) is 0 Å². The molecule has 0 aromatic heterocycles. The molecule has 0 aromatic rings. The van der Waals surface area contributed by atoms with Crippen molar-refractivity contribution in [2.75, 3.05) is 6.54 Å². The van der Waals surface area contributed by atoms with E-state index >= 15 is 0 Å². The lowest BCUT2D eigenvalue weighted by Crippen LogP contribution is -2.52. The van der Waals surface area contributed by atoms with Crippen LogP contribution in [0, 0.1) is 40.4 Å². The molecule has 28 heavy (non-hydrogen) atoms. The van der Waals surface area contributed by atoms with Crippen LogP contribution >= 0.6 is 0 Å². The molecule has 2 nitrogen and oxygen atoms in total. The zero-order valence-corrected chi connectivity index (χ0v) is 19.1. The first-order valence-electron chi connectivity index (χ1n) is 12.4. The molecule has 0 heterocycles. The van der Waals surface area contributed by atoms with Gasteiger partial charge in [-0.1, -0.05) is 39.3 Å². The van der Waals surface area contributed by atoms with Crippen LogP contribution in [0.2, 0.25) is 0 Å². The van der Waals surface area contributed by atoms with Crippen LogP contribution in [0.3, 0.4) is 0 Å². The number of rotatable bonds is 5. The van der Waals surface area contributed by atoms with E-state index in [0.717, 1.165) is 42.4 Å². The maximum Gasteiger partial charge on any atom is 0.0577 e. The highest BCUT2D eigenvalue weighted by molar-refractivity contribution is 5.25. The molecule has 0 bridgehead atoms. The van der Waals surface area contributed by atoms with E-state index in [-0.39, 0.29) is 6.10 Å². The summed E-state index contributed by atoms with van der Waals surface area (Å²) in [4.78, 5) is 0. The van der Waals surface area contributed by atoms with Crippen molar-refractivity contribution in [3.05, 3.63) is 11.6 Å². The third-order valence-corrected chi connectivity index (χ3v) is 9.94. The number of allylic oxidation sites excluding steroid dienone is 1. The van der Waals surface area contributed by atoms with Crippen molar-refractivity contribution in [2.24, 2.45) is 40.4 Å². The number of hydrogen-bond acceptors (Lipinski definition) is 2. The van der Waals surface area contributed by atoms with E-state index in [0.29, 0.717) is 16.9 Å². The molecule has 3 fully saturated rings. The topological polar surface area (TPSA) is 32.3 Å². The lowest BCUT2D eigenvalue weighted by molar-refractivity contribution is -0.0535. The zero-order valence-electron chi connectivity index (χ0n) is 19.1. The number of aliphatic hydroxyl groups excluding tert-OH is 1. The molecule has 8 atom stereocenters. The zero-order chi connectivity index (χ0) is 20.1. The van der Waals surface area contributed by atoms with Crippen molar-refractivity contribution < 1.29 is 5.11 Å². The summed E-state index contributed by atoms with van der Waals surface area (Å²) in [7, 11) is 0. The minimum atomic E-state index is -0.0849. The predicted octanol–water partition coefficient (Wildman–Crippen LogP) is 5.95. The number of nitrogens with one attached hydrogen (secondary N) is 1. The van der Waals surface area contributed by atoms with Crippen LogP contribution in [0.15, 0.2) is 11.6 Å². The van der Waals surface area contributed by atoms with Gasteiger partial charge in [0.1, 0.15) is 0 Å². The first kappa shape index (κ1) is 20.9. The molecule has 0 aromatic carbocycles. The van der Waals surface area contributed by atoms with E-state index in [2.05, 4.69) is 46.0 Å². The van der Waals surface area contributed by atoms with Crippen molar-refractivity contribution in [3.8, 4) is 0 Å². The molecular formula is C26H45NO. The second-order valence-electron chi connectivity index (χ2n) is 11.8. The average molecular weight is 388 g/mol. The summed E-state index contributed by atoms with van der Waals surface area (Å²) < 4.78 is 0. The fourth-order valence-electron chi connectivity index (χ4n) is 8.25. The van der Waals surface area contributed by atoms with Crippen LogP contribution in [0.4, 0.5) is 0 Å². The predicted molar refractivity (Wildman–Crippen MR) is 118 cm³/mol. The minimum Gasteiger partial charge on any atom is -0.393 e. The highest BCUT2D eigenvalue weighted by Gasteiger charge is 2.59. The second-order valence-corrected chi connectivity index (χ2v) is 11.8. The summed E-state index contributed by atoms with van der Waals surface area (Å²) in [5.74, 6) is 4.29. The monoisotopic (exact) mass is 387 g/mol. The van der Waals surface area contributed by atoms with Crippen LogP contribution in [0.25, 0.3) is 0 Å². The summed E-state index contributed by atoms with van der Waals surface area (Å²) in [6.45, 7) is 13.5. The smallest absolute Gasteiger partial charge is 0.0577 e. The summed E-state index contributed by atoms with van der Waals surface area (Å²) in [5.41, 5.74) is 2.51. The number of aliphatic hydroxyl groups is 1. The van der Waals surface area contributed by atoms with Gasteiger partial charge in [0, 0.05) is 6.04 Å². The van der Waals surface area contributed by atoms with Gasteiger partial charge >= 0.3 is 0 Å². The highest BCUT2D eigenvalue weighted by atomic mass is 16.3. The van der Waals surface area contributed by atoms with Gasteiger partial charge in [-0.05, 0) is 112 Å². The van der Waals surface area contributed by atoms with Gasteiger partial charge in [-0.15, -0.1) is 0 Å². The Hall–Kier alpha value is -0.340. The summed E-state index contributed by atoms with van der Waals surface area (Å²) >= 11 is 0. The van der Waals surface area contributed by atoms with E-state index in [1.54, 1.807) is 5.57 Å². The van der Waals surface area contributed by atoms with Gasteiger partial charge in [-0.3, -0.25) is 0 Å². The molecule has 0 amide bonds. The minimum absolute atomic E-state index is 0.0849. The van der Waals surface area contributed by atoms with E-state index in [9.17, 15) is 5.11 Å². The van der Waals surface area contributed by atoms with Crippen molar-refractivity contribution in [3.63, 3.8) is 0 Å². The lowest BCUT2D eigenvalue weighted by Gasteiger charge is -2.58. The van der Waals surface area contributed by atoms with E-state index in [1.807, 2.05) is 0 Å². The molecule has 4 rings (SSSR count). The quantitative estimate of drug-likeness (QED) is 0.571. The van der Waals surface area contributed by atoms with Gasteiger partial charge < -0.3 is 10.4 Å². The Morgan fingerprint density at radius 1 is 1.07 bits per heavy atom. The highest BCUT2D eigenvalue weighted by Crippen LogP contribution is 2.66. The Kier molecular flexibility index (Phi) is 5.77. The molecule has 2 heteroatoms. The first-order valence-corrected chi connectivity index (χ1v) is 12.4. The molecule has 0 radical (unpaired) electrons. The molecule has 0 saturated heterocycles. The molecule has 4 aliphatic rings. The lowest BCUT2D eigenvalue weighted by atomic mass is 9.47. The standard InChI is InChI=1S/C26H45NO/c1-17(2)12-15-27-18(3)22-8-9-23-21-7-6-19-16-20(28)10-13-25(19,4)24(21)11-14-26(22,23)5/h6,17-18,20-24,27-28H,7-16H2,1-5H3/t18-,20-,21-,22+,23-,24-,25+,26+/m0/s1. The Morgan fingerprint density at radius 3 is 2.61 bits per heavy atom. The second kappa shape index (κ2) is 7.73. The van der Waals surface area contributed by atoms with E-state index < -0.39 is 0 Å². The maximum absolute atomic E-state index is 10.2. The van der Waals surface area contributed by atoms with Gasteiger partial charge in [0.05, 0.1) is 6.10 Å². The molecule has 2 N–H and O–H groups in total. The molecule has 0 unspecified atom stereocenters. The molecule has 160 valence electrons.